The van der Waals surface area contributed by atoms with E-state index in [0.717, 1.165) is 11.8 Å². The van der Waals surface area contributed by atoms with Crippen molar-refractivity contribution < 1.29 is 5.11 Å². The maximum Gasteiger partial charge on any atom is 0.256 e. The van der Waals surface area contributed by atoms with Crippen LogP contribution in [0.1, 0.15) is 0 Å². The largest absolute Gasteiger partial charge is 0.493 e. The lowest BCUT2D eigenvalue weighted by Gasteiger charge is -2.04. The Hall–Kier alpha value is -2.30. The molecule has 0 atom stereocenters. The Morgan fingerprint density at radius 3 is 2.67 bits per heavy atom. The first kappa shape index (κ1) is 9.26. The molecule has 0 bridgehead atoms. The maximum atomic E-state index is 11.0. The minimum absolute atomic E-state index is 0.214. The zero-order valence-electron chi connectivity index (χ0n) is 7.77. The Balaban J connectivity index is 2.29. The second kappa shape index (κ2) is 3.83. The quantitative estimate of drug-likeness (QED) is 0.685. The molecule has 0 spiro atoms. The van der Waals surface area contributed by atoms with Crippen LogP contribution in [0.15, 0.2) is 41.2 Å². The van der Waals surface area contributed by atoms with Crippen LogP contribution in [-0.4, -0.2) is 15.1 Å². The van der Waals surface area contributed by atoms with Gasteiger partial charge in [-0.3, -0.25) is 9.78 Å². The first-order valence-corrected chi connectivity index (χ1v) is 4.36. The Kier molecular flexibility index (Phi) is 2.37. The van der Waals surface area contributed by atoms with Crippen molar-refractivity contribution in [2.45, 2.75) is 0 Å². The number of aromatic nitrogens is 2. The lowest BCUT2D eigenvalue weighted by Crippen LogP contribution is -2.08. The van der Waals surface area contributed by atoms with Crippen LogP contribution < -0.4 is 10.9 Å². The van der Waals surface area contributed by atoms with Crippen LogP contribution in [0.5, 0.6) is 5.88 Å². The molecule has 0 aliphatic carbocycles. The highest BCUT2D eigenvalue weighted by Crippen LogP contribution is 2.11. The van der Waals surface area contributed by atoms with Crippen molar-refractivity contribution in [1.82, 2.24) is 9.97 Å². The molecule has 15 heavy (non-hydrogen) atoms. The van der Waals surface area contributed by atoms with Crippen LogP contribution in [-0.2, 0) is 0 Å². The van der Waals surface area contributed by atoms with Crippen molar-refractivity contribution in [1.29, 1.82) is 0 Å². The monoisotopic (exact) mass is 203 g/mol. The Bertz CT molecular complexity index is 508. The topological polar surface area (TPSA) is 78.0 Å². The number of aromatic hydroxyl groups is 1. The van der Waals surface area contributed by atoms with Gasteiger partial charge in [-0.25, -0.2) is 0 Å². The molecule has 5 nitrogen and oxygen atoms in total. The van der Waals surface area contributed by atoms with E-state index in [1.165, 1.54) is 0 Å². The number of benzene rings is 1. The number of nitrogens with one attached hydrogen (secondary N) is 2. The van der Waals surface area contributed by atoms with Gasteiger partial charge in [0.05, 0.1) is 6.07 Å². The van der Waals surface area contributed by atoms with Gasteiger partial charge in [-0.05, 0) is 12.1 Å². The molecule has 0 unspecified atom stereocenters. The molecule has 0 saturated heterocycles. The normalized spacial score (nSPS) is 9.87. The predicted molar refractivity (Wildman–Crippen MR) is 56.2 cm³/mol. The number of hydrogen-bond acceptors (Lipinski definition) is 4. The van der Waals surface area contributed by atoms with E-state index in [0.29, 0.717) is 0 Å². The minimum atomic E-state index is -0.402. The van der Waals surface area contributed by atoms with Crippen LogP contribution in [0.2, 0.25) is 0 Å². The molecular weight excluding hydrogens is 194 g/mol. The molecule has 5 heteroatoms. The molecule has 0 amide bonds. The van der Waals surface area contributed by atoms with Gasteiger partial charge in [0, 0.05) is 5.69 Å². The van der Waals surface area contributed by atoms with Gasteiger partial charge >= 0.3 is 0 Å². The van der Waals surface area contributed by atoms with E-state index in [9.17, 15) is 4.79 Å². The van der Waals surface area contributed by atoms with E-state index in [4.69, 9.17) is 5.11 Å². The molecule has 0 aliphatic heterocycles. The van der Waals surface area contributed by atoms with Crippen LogP contribution in [0.4, 0.5) is 11.6 Å². The summed E-state index contributed by atoms with van der Waals surface area (Å²) >= 11 is 0. The highest BCUT2D eigenvalue weighted by Gasteiger charge is 1.99. The zero-order valence-corrected chi connectivity index (χ0v) is 7.77. The van der Waals surface area contributed by atoms with Gasteiger partial charge in [0.15, 0.2) is 0 Å². The van der Waals surface area contributed by atoms with E-state index in [2.05, 4.69) is 15.3 Å². The third-order valence-corrected chi connectivity index (χ3v) is 1.76. The summed E-state index contributed by atoms with van der Waals surface area (Å²) in [6, 6.07) is 10.2. The third kappa shape index (κ3) is 2.34. The molecule has 0 aliphatic rings. The van der Waals surface area contributed by atoms with E-state index in [-0.39, 0.29) is 11.8 Å². The number of anilines is 2. The van der Waals surface area contributed by atoms with Crippen LogP contribution in [0.25, 0.3) is 0 Å². The van der Waals surface area contributed by atoms with Crippen molar-refractivity contribution in [2.75, 3.05) is 5.32 Å². The Morgan fingerprint density at radius 2 is 2.00 bits per heavy atom. The predicted octanol–water partition coefficient (Wildman–Crippen LogP) is 1.22. The molecule has 0 radical (unpaired) electrons. The minimum Gasteiger partial charge on any atom is -0.493 e. The summed E-state index contributed by atoms with van der Waals surface area (Å²) in [7, 11) is 0. The van der Waals surface area contributed by atoms with Crippen molar-refractivity contribution in [3.8, 4) is 5.88 Å². The summed E-state index contributed by atoms with van der Waals surface area (Å²) in [5, 5.41) is 12.0. The Labute approximate surface area is 85.4 Å². The number of rotatable bonds is 2. The smallest absolute Gasteiger partial charge is 0.256 e. The summed E-state index contributed by atoms with van der Waals surface area (Å²) in [5.74, 6) is -0.0941. The fourth-order valence-electron chi connectivity index (χ4n) is 1.16. The molecule has 2 rings (SSSR count). The van der Waals surface area contributed by atoms with Gasteiger partial charge in [0.1, 0.15) is 0 Å². The molecule has 0 saturated carbocycles. The second-order valence-corrected chi connectivity index (χ2v) is 2.94. The standard InChI is InChI=1S/C10H9N3O2/c14-8-6-9(15)13-10(12-8)11-7-4-2-1-3-5-7/h1-6H,(H3,11,12,13,14,15). The number of H-pyrrole nitrogens is 1. The average molecular weight is 203 g/mol. The van der Waals surface area contributed by atoms with Crippen LogP contribution >= 0.6 is 0 Å². The first-order chi connectivity index (χ1) is 7.24. The molecule has 76 valence electrons. The Morgan fingerprint density at radius 1 is 1.27 bits per heavy atom. The highest BCUT2D eigenvalue weighted by atomic mass is 16.3. The molecule has 1 heterocycles. The summed E-state index contributed by atoms with van der Waals surface area (Å²) in [5.41, 5.74) is 0.382. The van der Waals surface area contributed by atoms with Gasteiger partial charge in [-0.15, -0.1) is 0 Å². The number of para-hydroxylation sites is 1. The first-order valence-electron chi connectivity index (χ1n) is 4.36. The van der Waals surface area contributed by atoms with Gasteiger partial charge in [0.2, 0.25) is 11.8 Å². The number of aromatic amines is 1. The summed E-state index contributed by atoms with van der Waals surface area (Å²) < 4.78 is 0. The molecule has 1 aromatic carbocycles. The fraction of sp³-hybridized carbons (Fsp3) is 0. The van der Waals surface area contributed by atoms with Crippen molar-refractivity contribution in [2.24, 2.45) is 0 Å². The van der Waals surface area contributed by atoms with E-state index in [1.54, 1.807) is 0 Å². The van der Waals surface area contributed by atoms with Crippen LogP contribution in [0, 0.1) is 0 Å². The maximum absolute atomic E-state index is 11.0. The van der Waals surface area contributed by atoms with Gasteiger partial charge in [0.25, 0.3) is 5.56 Å². The SMILES string of the molecule is O=c1cc(O)nc(Nc2ccccc2)[nH]1. The van der Waals surface area contributed by atoms with E-state index < -0.39 is 5.56 Å². The van der Waals surface area contributed by atoms with Crippen molar-refractivity contribution in [3.05, 3.63) is 46.8 Å². The summed E-state index contributed by atoms with van der Waals surface area (Å²) in [6.45, 7) is 0. The average Bonchev–Trinajstić information content (AvgIpc) is 2.17. The van der Waals surface area contributed by atoms with Gasteiger partial charge in [-0.2, -0.15) is 4.98 Å². The molecule has 2 aromatic rings. The lowest BCUT2D eigenvalue weighted by atomic mass is 10.3. The number of hydrogen-bond donors (Lipinski definition) is 3. The lowest BCUT2D eigenvalue weighted by molar-refractivity contribution is 0.452. The van der Waals surface area contributed by atoms with Crippen molar-refractivity contribution >= 4 is 11.6 Å². The molecule has 0 fully saturated rings. The number of nitrogens with zero attached hydrogens (tertiary/aromatic N) is 1. The van der Waals surface area contributed by atoms with Crippen molar-refractivity contribution in [3.63, 3.8) is 0 Å². The van der Waals surface area contributed by atoms with E-state index >= 15 is 0 Å². The van der Waals surface area contributed by atoms with E-state index in [1.807, 2.05) is 30.3 Å². The third-order valence-electron chi connectivity index (χ3n) is 1.76. The van der Waals surface area contributed by atoms with Gasteiger partial charge in [-0.1, -0.05) is 18.2 Å². The zero-order chi connectivity index (χ0) is 10.7. The summed E-state index contributed by atoms with van der Waals surface area (Å²) in [6.07, 6.45) is 0. The highest BCUT2D eigenvalue weighted by molar-refractivity contribution is 5.52. The fourth-order valence-corrected chi connectivity index (χ4v) is 1.16. The summed E-state index contributed by atoms with van der Waals surface area (Å²) in [4.78, 5) is 17.2. The van der Waals surface area contributed by atoms with Crippen LogP contribution in [0.3, 0.4) is 0 Å². The second-order valence-electron chi connectivity index (χ2n) is 2.94. The van der Waals surface area contributed by atoms with Gasteiger partial charge < -0.3 is 10.4 Å². The molecular formula is C10H9N3O2. The molecule has 3 N–H and O–H groups in total. The molecule has 1 aromatic heterocycles.